The van der Waals surface area contributed by atoms with E-state index in [1.54, 1.807) is 24.3 Å². The van der Waals surface area contributed by atoms with Gasteiger partial charge < -0.3 is 14.8 Å². The molecule has 0 spiro atoms. The van der Waals surface area contributed by atoms with E-state index in [1.165, 1.54) is 21.6 Å². The van der Waals surface area contributed by atoms with Crippen molar-refractivity contribution in [3.8, 4) is 6.07 Å². The summed E-state index contributed by atoms with van der Waals surface area (Å²) in [5.41, 5.74) is -0.452. The van der Waals surface area contributed by atoms with Crippen LogP contribution in [-0.4, -0.2) is 53.3 Å². The van der Waals surface area contributed by atoms with Gasteiger partial charge in [-0.2, -0.15) is 5.26 Å². The van der Waals surface area contributed by atoms with Crippen LogP contribution in [0.3, 0.4) is 0 Å². The molecule has 2 saturated carbocycles. The van der Waals surface area contributed by atoms with Gasteiger partial charge in [0.2, 0.25) is 0 Å². The molecule has 2 aromatic rings. The average Bonchev–Trinajstić information content (AvgIpc) is 3.78. The number of hydrogen-bond acceptors (Lipinski definition) is 6. The number of carbonyl (C=O) groups excluding carboxylic acids is 2. The largest absolute Gasteiger partial charge is 0.348 e. The fraction of sp³-hybridized carbons (Fsp3) is 0.440. The number of nitrogens with one attached hydrogen (secondary N) is 1. The molecule has 0 atom stereocenters. The molecule has 36 heavy (non-hydrogen) atoms. The van der Waals surface area contributed by atoms with E-state index in [0.717, 1.165) is 5.56 Å². The minimum atomic E-state index is -3.56. The lowest BCUT2D eigenvalue weighted by Gasteiger charge is -2.32. The van der Waals surface area contributed by atoms with Crippen molar-refractivity contribution in [3.05, 3.63) is 68.6 Å². The second-order valence-corrected chi connectivity index (χ2v) is 12.8. The molecule has 2 fully saturated rings. The Morgan fingerprint density at radius 1 is 1.06 bits per heavy atom. The number of hydrogen-bond donors (Lipinski definition) is 1. The van der Waals surface area contributed by atoms with E-state index < -0.39 is 37.4 Å². The summed E-state index contributed by atoms with van der Waals surface area (Å²) >= 11 is 5.87. The molecule has 2 amide bonds. The van der Waals surface area contributed by atoms with Crippen LogP contribution in [0.5, 0.6) is 0 Å². The van der Waals surface area contributed by atoms with Crippen LogP contribution >= 0.6 is 11.6 Å². The van der Waals surface area contributed by atoms with Crippen LogP contribution in [-0.2, 0) is 22.9 Å². The van der Waals surface area contributed by atoms with Crippen molar-refractivity contribution < 1.29 is 18.0 Å². The van der Waals surface area contributed by atoms with E-state index in [1.807, 2.05) is 0 Å². The zero-order chi connectivity index (χ0) is 25.7. The zero-order valence-electron chi connectivity index (χ0n) is 19.5. The van der Waals surface area contributed by atoms with Gasteiger partial charge >= 0.3 is 0 Å². The number of rotatable bonds is 8. The summed E-state index contributed by atoms with van der Waals surface area (Å²) in [7, 11) is -3.56. The monoisotopic (exact) mass is 528 g/mol. The quantitative estimate of drug-likeness (QED) is 0.559. The average molecular weight is 529 g/mol. The van der Waals surface area contributed by atoms with E-state index in [2.05, 4.69) is 11.4 Å². The molecule has 5 rings (SSSR count). The maximum Gasteiger partial charge on any atom is 0.270 e. The maximum absolute atomic E-state index is 13.2. The molecule has 0 bridgehead atoms. The predicted octanol–water partition coefficient (Wildman–Crippen LogP) is 2.14. The molecular formula is C25H25ClN4O5S. The molecule has 1 aromatic heterocycles. The van der Waals surface area contributed by atoms with Gasteiger partial charge in [0.05, 0.1) is 22.0 Å². The molecule has 1 N–H and O–H groups in total. The highest BCUT2D eigenvalue weighted by Crippen LogP contribution is 2.52. The third-order valence-electron chi connectivity index (χ3n) is 7.39. The number of carbonyl (C=O) groups is 2. The first-order valence-corrected chi connectivity index (χ1v) is 13.8. The Labute approximate surface area is 213 Å². The van der Waals surface area contributed by atoms with E-state index >= 15 is 0 Å². The Morgan fingerprint density at radius 3 is 2.36 bits per heavy atom. The Hall–Kier alpha value is -3.16. The first kappa shape index (κ1) is 24.5. The van der Waals surface area contributed by atoms with E-state index in [9.17, 15) is 28.1 Å². The number of nitrogens with zero attached hydrogens (tertiary/aromatic N) is 3. The van der Waals surface area contributed by atoms with Gasteiger partial charge in [0.25, 0.3) is 17.4 Å². The Balaban J connectivity index is 1.29. The van der Waals surface area contributed by atoms with Gasteiger partial charge in [0.15, 0.2) is 9.84 Å². The first-order chi connectivity index (χ1) is 17.1. The fourth-order valence-electron chi connectivity index (χ4n) is 4.69. The van der Waals surface area contributed by atoms with Gasteiger partial charge in [-0.1, -0.05) is 23.7 Å². The molecule has 1 aliphatic heterocycles. The second-order valence-electron chi connectivity index (χ2n) is 9.96. The van der Waals surface area contributed by atoms with Crippen LogP contribution in [0.4, 0.5) is 0 Å². The highest BCUT2D eigenvalue weighted by Gasteiger charge is 2.60. The molecular weight excluding hydrogens is 504 g/mol. The van der Waals surface area contributed by atoms with E-state index in [-0.39, 0.29) is 43.2 Å². The van der Waals surface area contributed by atoms with Crippen molar-refractivity contribution in [2.45, 2.75) is 43.5 Å². The minimum Gasteiger partial charge on any atom is -0.348 e. The first-order valence-electron chi connectivity index (χ1n) is 11.8. The number of fused-ring (bicyclic) bond motifs is 1. The topological polar surface area (TPSA) is 129 Å². The summed E-state index contributed by atoms with van der Waals surface area (Å²) in [5.74, 6) is -1.15. The van der Waals surface area contributed by atoms with Crippen molar-refractivity contribution >= 4 is 33.3 Å². The molecule has 0 unspecified atom stereocenters. The van der Waals surface area contributed by atoms with Crippen molar-refractivity contribution in [2.24, 2.45) is 5.41 Å². The summed E-state index contributed by atoms with van der Waals surface area (Å²) in [6, 6.07) is 11.9. The number of amides is 2. The molecule has 11 heteroatoms. The maximum atomic E-state index is 13.2. The highest BCUT2D eigenvalue weighted by molar-refractivity contribution is 7.93. The summed E-state index contributed by atoms with van der Waals surface area (Å²) < 4.78 is 26.5. The van der Waals surface area contributed by atoms with Gasteiger partial charge in [-0.05, 0) is 55.5 Å². The summed E-state index contributed by atoms with van der Waals surface area (Å²) in [5, 5.41) is 12.6. The summed E-state index contributed by atoms with van der Waals surface area (Å²) in [6.45, 7) is 0.597. The number of halogens is 1. The Kier molecular flexibility index (Phi) is 5.96. The number of pyridine rings is 1. The standard InChI is InChI=1S/C25H25ClN4O5S/c26-18-3-1-17(2-4-18)13-28-21(31)19-5-6-20-23(33)29(11-12-30(20)22(19)32)15-25(9-10-25)36(34,35)16-24(14-27)7-8-24/h1-6H,7-13,15-16H2,(H,28,31). The third kappa shape index (κ3) is 4.42. The van der Waals surface area contributed by atoms with Crippen LogP contribution in [0.15, 0.2) is 41.2 Å². The summed E-state index contributed by atoms with van der Waals surface area (Å²) in [4.78, 5) is 40.3. The third-order valence-corrected chi connectivity index (χ3v) is 10.4. The van der Waals surface area contributed by atoms with Crippen LogP contribution in [0.25, 0.3) is 0 Å². The highest BCUT2D eigenvalue weighted by atomic mass is 35.5. The van der Waals surface area contributed by atoms with Crippen molar-refractivity contribution in [1.82, 2.24) is 14.8 Å². The van der Waals surface area contributed by atoms with Crippen LogP contribution in [0, 0.1) is 16.7 Å². The second kappa shape index (κ2) is 8.75. The molecule has 0 saturated heterocycles. The van der Waals surface area contributed by atoms with Crippen LogP contribution in [0.1, 0.15) is 52.1 Å². The molecule has 2 aliphatic carbocycles. The lowest BCUT2D eigenvalue weighted by atomic mass is 10.1. The zero-order valence-corrected chi connectivity index (χ0v) is 21.1. The van der Waals surface area contributed by atoms with Crippen molar-refractivity contribution in [3.63, 3.8) is 0 Å². The lowest BCUT2D eigenvalue weighted by molar-refractivity contribution is 0.0695. The molecule has 3 aliphatic rings. The lowest BCUT2D eigenvalue weighted by Crippen LogP contribution is -2.50. The predicted molar refractivity (Wildman–Crippen MR) is 132 cm³/mol. The fourth-order valence-corrected chi connectivity index (χ4v) is 7.28. The van der Waals surface area contributed by atoms with Crippen molar-refractivity contribution in [2.75, 3.05) is 18.8 Å². The molecule has 1 aromatic carbocycles. The van der Waals surface area contributed by atoms with Gasteiger partial charge in [0, 0.05) is 31.2 Å². The molecule has 9 nitrogen and oxygen atoms in total. The van der Waals surface area contributed by atoms with Gasteiger partial charge in [0.1, 0.15) is 11.3 Å². The normalized spacial score (nSPS) is 19.2. The smallest absolute Gasteiger partial charge is 0.270 e. The molecule has 0 radical (unpaired) electrons. The number of benzene rings is 1. The molecule has 188 valence electrons. The number of sulfone groups is 1. The Bertz CT molecular complexity index is 1450. The van der Waals surface area contributed by atoms with Gasteiger partial charge in [-0.15, -0.1) is 0 Å². The van der Waals surface area contributed by atoms with Gasteiger partial charge in [-0.3, -0.25) is 14.4 Å². The van der Waals surface area contributed by atoms with E-state index in [0.29, 0.717) is 30.7 Å². The number of aromatic nitrogens is 1. The number of nitriles is 1. The van der Waals surface area contributed by atoms with E-state index in [4.69, 9.17) is 11.6 Å². The van der Waals surface area contributed by atoms with Gasteiger partial charge in [-0.25, -0.2) is 8.42 Å². The van der Waals surface area contributed by atoms with Crippen LogP contribution < -0.4 is 10.9 Å². The Morgan fingerprint density at radius 2 is 1.75 bits per heavy atom. The minimum absolute atomic E-state index is 0.0488. The SMILES string of the molecule is N#CC1(CS(=O)(=O)C2(CN3CCn4c(ccc(C(=O)NCc5ccc(Cl)cc5)c4=O)C3=O)CC2)CC1. The van der Waals surface area contributed by atoms with Crippen molar-refractivity contribution in [1.29, 1.82) is 5.26 Å². The summed E-state index contributed by atoms with van der Waals surface area (Å²) in [6.07, 6.45) is 2.10. The molecule has 2 heterocycles. The van der Waals surface area contributed by atoms with Crippen LogP contribution in [0.2, 0.25) is 5.02 Å².